The highest BCUT2D eigenvalue weighted by Gasteiger charge is 2.14. The van der Waals surface area contributed by atoms with Crippen molar-refractivity contribution >= 4 is 16.8 Å². The Labute approximate surface area is 152 Å². The van der Waals surface area contributed by atoms with Gasteiger partial charge in [0.1, 0.15) is 6.54 Å². The first-order chi connectivity index (χ1) is 12.4. The minimum atomic E-state index is -0.214. The predicted molar refractivity (Wildman–Crippen MR) is 103 cm³/mol. The normalized spacial score (nSPS) is 12.2. The molecule has 0 bridgehead atoms. The van der Waals surface area contributed by atoms with Gasteiger partial charge in [0.05, 0.1) is 23.3 Å². The first kappa shape index (κ1) is 17.9. The van der Waals surface area contributed by atoms with Crippen LogP contribution in [0.4, 0.5) is 0 Å². The van der Waals surface area contributed by atoms with Crippen LogP contribution in [-0.4, -0.2) is 15.5 Å². The van der Waals surface area contributed by atoms with Crippen molar-refractivity contribution in [2.45, 2.75) is 40.3 Å². The number of nitrogens with one attached hydrogen (secondary N) is 1. The quantitative estimate of drug-likeness (QED) is 0.787. The number of carbonyl (C=O) groups excluding carboxylic acids is 1. The monoisotopic (exact) mass is 349 g/mol. The van der Waals surface area contributed by atoms with Gasteiger partial charge in [-0.3, -0.25) is 14.2 Å². The number of para-hydroxylation sites is 1. The van der Waals surface area contributed by atoms with Gasteiger partial charge >= 0.3 is 0 Å². The molecule has 3 aromatic rings. The SMILES string of the molecule is Cc1cc(C)c([C@@H](C)NC(=O)Cn2cnc3ccccc3c2=O)cc1C. The van der Waals surface area contributed by atoms with Gasteiger partial charge in [-0.05, 0) is 62.1 Å². The summed E-state index contributed by atoms with van der Waals surface area (Å²) in [5.41, 5.74) is 5.09. The van der Waals surface area contributed by atoms with Crippen molar-refractivity contribution in [3.05, 3.63) is 75.3 Å². The van der Waals surface area contributed by atoms with Crippen molar-refractivity contribution < 1.29 is 4.79 Å². The molecule has 1 aromatic heterocycles. The highest BCUT2D eigenvalue weighted by molar-refractivity contribution is 5.79. The van der Waals surface area contributed by atoms with Gasteiger partial charge in [-0.25, -0.2) is 4.98 Å². The van der Waals surface area contributed by atoms with Gasteiger partial charge in [0.25, 0.3) is 5.56 Å². The molecule has 1 N–H and O–H groups in total. The standard InChI is InChI=1S/C21H23N3O2/c1-13-9-15(3)18(10-14(13)2)16(4)23-20(25)11-24-12-22-19-8-6-5-7-17(19)21(24)26/h5-10,12,16H,11H2,1-4H3,(H,23,25)/t16-/m1/s1. The van der Waals surface area contributed by atoms with E-state index < -0.39 is 0 Å². The van der Waals surface area contributed by atoms with E-state index in [-0.39, 0.29) is 24.1 Å². The molecule has 0 spiro atoms. The van der Waals surface area contributed by atoms with Crippen LogP contribution in [0, 0.1) is 20.8 Å². The minimum Gasteiger partial charge on any atom is -0.348 e. The number of aryl methyl sites for hydroxylation is 3. The van der Waals surface area contributed by atoms with Crippen molar-refractivity contribution in [3.63, 3.8) is 0 Å². The Hall–Kier alpha value is -2.95. The number of hydrogen-bond acceptors (Lipinski definition) is 3. The summed E-state index contributed by atoms with van der Waals surface area (Å²) in [5.74, 6) is -0.214. The number of rotatable bonds is 4. The van der Waals surface area contributed by atoms with Gasteiger partial charge < -0.3 is 5.32 Å². The average Bonchev–Trinajstić information content (AvgIpc) is 2.60. The summed E-state index contributed by atoms with van der Waals surface area (Å²) in [6.07, 6.45) is 1.43. The molecule has 26 heavy (non-hydrogen) atoms. The Morgan fingerprint density at radius 1 is 1.12 bits per heavy atom. The molecule has 0 unspecified atom stereocenters. The molecule has 2 aromatic carbocycles. The summed E-state index contributed by atoms with van der Waals surface area (Å²) in [6.45, 7) is 8.09. The maximum atomic E-state index is 12.5. The summed E-state index contributed by atoms with van der Waals surface area (Å²) < 4.78 is 1.34. The minimum absolute atomic E-state index is 0.0507. The lowest BCUT2D eigenvalue weighted by molar-refractivity contribution is -0.122. The molecule has 1 amide bonds. The van der Waals surface area contributed by atoms with E-state index in [0.717, 1.165) is 11.1 Å². The number of aromatic nitrogens is 2. The molecule has 0 fully saturated rings. The fraction of sp³-hybridized carbons (Fsp3) is 0.286. The molecule has 0 radical (unpaired) electrons. The zero-order chi connectivity index (χ0) is 18.8. The van der Waals surface area contributed by atoms with Crippen LogP contribution in [0.5, 0.6) is 0 Å². The van der Waals surface area contributed by atoms with Gasteiger partial charge in [-0.15, -0.1) is 0 Å². The predicted octanol–water partition coefficient (Wildman–Crippen LogP) is 3.20. The molecule has 5 heteroatoms. The van der Waals surface area contributed by atoms with Crippen molar-refractivity contribution in [3.8, 4) is 0 Å². The van der Waals surface area contributed by atoms with Crippen molar-refractivity contribution in [2.75, 3.05) is 0 Å². The molecule has 1 heterocycles. The first-order valence-electron chi connectivity index (χ1n) is 8.68. The van der Waals surface area contributed by atoms with Crippen LogP contribution in [0.25, 0.3) is 10.9 Å². The molecule has 3 rings (SSSR count). The van der Waals surface area contributed by atoms with Crippen LogP contribution in [0.15, 0.2) is 47.5 Å². The lowest BCUT2D eigenvalue weighted by atomic mass is 9.96. The molecule has 5 nitrogen and oxygen atoms in total. The third-order valence-electron chi connectivity index (χ3n) is 4.77. The summed E-state index contributed by atoms with van der Waals surface area (Å²) in [4.78, 5) is 29.2. The Kier molecular flexibility index (Phi) is 4.89. The maximum absolute atomic E-state index is 12.5. The van der Waals surface area contributed by atoms with E-state index in [4.69, 9.17) is 0 Å². The highest BCUT2D eigenvalue weighted by atomic mass is 16.2. The molecule has 0 saturated heterocycles. The summed E-state index contributed by atoms with van der Waals surface area (Å²) >= 11 is 0. The Morgan fingerprint density at radius 3 is 2.58 bits per heavy atom. The van der Waals surface area contributed by atoms with Gasteiger partial charge in [-0.1, -0.05) is 24.3 Å². The Bertz CT molecular complexity index is 1040. The Morgan fingerprint density at radius 2 is 1.81 bits per heavy atom. The highest BCUT2D eigenvalue weighted by Crippen LogP contribution is 2.21. The second kappa shape index (κ2) is 7.12. The first-order valence-corrected chi connectivity index (χ1v) is 8.68. The lowest BCUT2D eigenvalue weighted by Gasteiger charge is -2.19. The van der Waals surface area contributed by atoms with Crippen LogP contribution in [0.3, 0.4) is 0 Å². The van der Waals surface area contributed by atoms with E-state index in [1.165, 1.54) is 22.0 Å². The van der Waals surface area contributed by atoms with E-state index in [2.05, 4.69) is 36.3 Å². The van der Waals surface area contributed by atoms with Gasteiger partial charge in [0, 0.05) is 0 Å². The Balaban J connectivity index is 1.78. The second-order valence-corrected chi connectivity index (χ2v) is 6.78. The fourth-order valence-corrected chi connectivity index (χ4v) is 3.19. The van der Waals surface area contributed by atoms with Gasteiger partial charge in [-0.2, -0.15) is 0 Å². The number of nitrogens with zero attached hydrogens (tertiary/aromatic N) is 2. The van der Waals surface area contributed by atoms with Crippen LogP contribution < -0.4 is 10.9 Å². The molecule has 0 aliphatic carbocycles. The third-order valence-corrected chi connectivity index (χ3v) is 4.77. The molecule has 1 atom stereocenters. The van der Waals surface area contributed by atoms with E-state index in [9.17, 15) is 9.59 Å². The van der Waals surface area contributed by atoms with Crippen molar-refractivity contribution in [1.29, 1.82) is 0 Å². The average molecular weight is 349 g/mol. The zero-order valence-electron chi connectivity index (χ0n) is 15.5. The topological polar surface area (TPSA) is 64.0 Å². The number of benzene rings is 2. The third kappa shape index (κ3) is 3.52. The van der Waals surface area contributed by atoms with Crippen LogP contribution >= 0.6 is 0 Å². The number of carbonyl (C=O) groups is 1. The molecule has 0 aliphatic heterocycles. The largest absolute Gasteiger partial charge is 0.348 e. The number of amides is 1. The summed E-state index contributed by atoms with van der Waals surface area (Å²) in [7, 11) is 0. The van der Waals surface area contributed by atoms with Crippen LogP contribution in [0.1, 0.15) is 35.2 Å². The van der Waals surface area contributed by atoms with Crippen LogP contribution in [-0.2, 0) is 11.3 Å². The zero-order valence-corrected chi connectivity index (χ0v) is 15.5. The molecule has 134 valence electrons. The van der Waals surface area contributed by atoms with Crippen molar-refractivity contribution in [2.24, 2.45) is 0 Å². The lowest BCUT2D eigenvalue weighted by Crippen LogP contribution is -2.34. The number of fused-ring (bicyclic) bond motifs is 1. The van der Waals surface area contributed by atoms with Gasteiger partial charge in [0.2, 0.25) is 5.91 Å². The summed E-state index contributed by atoms with van der Waals surface area (Å²) in [5, 5.41) is 3.50. The van der Waals surface area contributed by atoms with Crippen molar-refractivity contribution in [1.82, 2.24) is 14.9 Å². The fourth-order valence-electron chi connectivity index (χ4n) is 3.19. The summed E-state index contributed by atoms with van der Waals surface area (Å²) in [6, 6.07) is 11.2. The maximum Gasteiger partial charge on any atom is 0.261 e. The van der Waals surface area contributed by atoms with E-state index in [0.29, 0.717) is 10.9 Å². The molecule has 0 saturated carbocycles. The molecular weight excluding hydrogens is 326 g/mol. The molecular formula is C21H23N3O2. The smallest absolute Gasteiger partial charge is 0.261 e. The van der Waals surface area contributed by atoms with E-state index >= 15 is 0 Å². The van der Waals surface area contributed by atoms with Gasteiger partial charge in [0.15, 0.2) is 0 Å². The molecule has 0 aliphatic rings. The number of hydrogen-bond donors (Lipinski definition) is 1. The second-order valence-electron chi connectivity index (χ2n) is 6.78. The van der Waals surface area contributed by atoms with E-state index in [1.54, 1.807) is 18.2 Å². The van der Waals surface area contributed by atoms with E-state index in [1.807, 2.05) is 19.9 Å². The van der Waals surface area contributed by atoms with Crippen LogP contribution in [0.2, 0.25) is 0 Å².